The molecule has 0 spiro atoms. The first-order valence-corrected chi connectivity index (χ1v) is 6.70. The molecule has 0 fully saturated rings. The quantitative estimate of drug-likeness (QED) is 0.384. The lowest BCUT2D eigenvalue weighted by atomic mass is 10.3. The third-order valence-corrected chi connectivity index (χ3v) is 3.63. The minimum atomic E-state index is -4.03. The van der Waals surface area contributed by atoms with E-state index in [4.69, 9.17) is 0 Å². The average molecular weight is 286 g/mol. The fourth-order valence-corrected chi connectivity index (χ4v) is 2.36. The predicted octanol–water partition coefficient (Wildman–Crippen LogP) is 1.43. The van der Waals surface area contributed by atoms with Gasteiger partial charge < -0.3 is 0 Å². The Morgan fingerprint density at radius 2 is 2.16 bits per heavy atom. The number of nitro benzene ring substituents is 1. The highest BCUT2D eigenvalue weighted by molar-refractivity contribution is 7.89. The van der Waals surface area contributed by atoms with E-state index < -0.39 is 31.3 Å². The van der Waals surface area contributed by atoms with Gasteiger partial charge in [-0.05, 0) is 13.0 Å². The van der Waals surface area contributed by atoms with Crippen molar-refractivity contribution in [3.05, 3.63) is 34.1 Å². The lowest BCUT2D eigenvalue weighted by molar-refractivity contribution is -0.385. The molecule has 1 rings (SSSR count). The summed E-state index contributed by atoms with van der Waals surface area (Å²) >= 11 is 0. The molecule has 102 valence electrons. The van der Waals surface area contributed by atoms with Gasteiger partial charge in [0.1, 0.15) is 10.7 Å². The lowest BCUT2D eigenvalue weighted by Gasteiger charge is -2.06. The van der Waals surface area contributed by atoms with Crippen LogP contribution in [0.1, 0.15) is 13.3 Å². The third-order valence-electron chi connectivity index (χ3n) is 2.13. The van der Waals surface area contributed by atoms with E-state index in [0.717, 1.165) is 12.1 Å². The van der Waals surface area contributed by atoms with Crippen LogP contribution in [0.3, 0.4) is 0 Å². The molecule has 0 saturated carbocycles. The SMILES string of the molecule is CC#CCCNS(=O)(=O)c1ccc([N+](=O)[O-])cc1F. The highest BCUT2D eigenvalue weighted by atomic mass is 32.2. The summed E-state index contributed by atoms with van der Waals surface area (Å²) in [7, 11) is -4.03. The molecule has 8 heteroatoms. The molecule has 1 aromatic carbocycles. The van der Waals surface area contributed by atoms with Gasteiger partial charge in [0, 0.05) is 19.0 Å². The summed E-state index contributed by atoms with van der Waals surface area (Å²) in [5.74, 6) is 4.08. The van der Waals surface area contributed by atoms with Crippen LogP contribution in [0, 0.1) is 27.8 Å². The number of nitrogens with one attached hydrogen (secondary N) is 1. The predicted molar refractivity (Wildman–Crippen MR) is 66.3 cm³/mol. The number of rotatable bonds is 5. The van der Waals surface area contributed by atoms with E-state index in [9.17, 15) is 22.9 Å². The summed E-state index contributed by atoms with van der Waals surface area (Å²) in [5.41, 5.74) is -0.506. The Hall–Kier alpha value is -1.98. The van der Waals surface area contributed by atoms with E-state index in [1.165, 1.54) is 0 Å². The first kappa shape index (κ1) is 15.1. The van der Waals surface area contributed by atoms with Crippen molar-refractivity contribution in [1.82, 2.24) is 4.72 Å². The van der Waals surface area contributed by atoms with Gasteiger partial charge in [0.15, 0.2) is 0 Å². The van der Waals surface area contributed by atoms with Gasteiger partial charge in [-0.25, -0.2) is 17.5 Å². The van der Waals surface area contributed by atoms with Gasteiger partial charge in [-0.2, -0.15) is 0 Å². The lowest BCUT2D eigenvalue weighted by Crippen LogP contribution is -2.25. The largest absolute Gasteiger partial charge is 0.272 e. The van der Waals surface area contributed by atoms with Crippen molar-refractivity contribution in [2.45, 2.75) is 18.2 Å². The van der Waals surface area contributed by atoms with E-state index in [-0.39, 0.29) is 6.54 Å². The van der Waals surface area contributed by atoms with Crippen LogP contribution >= 0.6 is 0 Å². The van der Waals surface area contributed by atoms with Gasteiger partial charge in [0.25, 0.3) is 5.69 Å². The number of benzene rings is 1. The molecular weight excluding hydrogens is 275 g/mol. The summed E-state index contributed by atoms with van der Waals surface area (Å²) < 4.78 is 39.1. The van der Waals surface area contributed by atoms with E-state index in [1.54, 1.807) is 6.92 Å². The molecule has 0 aliphatic rings. The normalized spacial score (nSPS) is 10.6. The third kappa shape index (κ3) is 4.01. The van der Waals surface area contributed by atoms with E-state index in [1.807, 2.05) is 0 Å². The average Bonchev–Trinajstić information content (AvgIpc) is 2.34. The van der Waals surface area contributed by atoms with Crippen molar-refractivity contribution in [3.63, 3.8) is 0 Å². The molecule has 0 unspecified atom stereocenters. The van der Waals surface area contributed by atoms with E-state index >= 15 is 0 Å². The molecule has 0 radical (unpaired) electrons. The van der Waals surface area contributed by atoms with Crippen LogP contribution in [-0.2, 0) is 10.0 Å². The molecule has 0 atom stereocenters. The maximum Gasteiger partial charge on any atom is 0.272 e. The van der Waals surface area contributed by atoms with Crippen molar-refractivity contribution in [2.24, 2.45) is 0 Å². The zero-order chi connectivity index (χ0) is 14.5. The molecule has 0 bridgehead atoms. The van der Waals surface area contributed by atoms with Crippen molar-refractivity contribution in [3.8, 4) is 11.8 Å². The maximum atomic E-state index is 13.5. The number of nitro groups is 1. The molecule has 0 saturated heterocycles. The Labute approximate surface area is 109 Å². The summed E-state index contributed by atoms with van der Waals surface area (Å²) in [5, 5.41) is 10.4. The Morgan fingerprint density at radius 3 is 2.68 bits per heavy atom. The number of nitrogens with zero attached hydrogens (tertiary/aromatic N) is 1. The summed E-state index contributed by atoms with van der Waals surface area (Å²) in [6.07, 6.45) is 0.296. The molecule has 0 aromatic heterocycles. The second-order valence-electron chi connectivity index (χ2n) is 3.45. The van der Waals surface area contributed by atoms with Crippen LogP contribution < -0.4 is 4.72 Å². The molecule has 6 nitrogen and oxygen atoms in total. The molecular formula is C11H11FN2O4S. The Balaban J connectivity index is 2.94. The van der Waals surface area contributed by atoms with E-state index in [0.29, 0.717) is 12.5 Å². The molecule has 0 aliphatic heterocycles. The molecule has 1 aromatic rings. The van der Waals surface area contributed by atoms with Gasteiger partial charge in [-0.15, -0.1) is 11.8 Å². The van der Waals surface area contributed by atoms with Crippen LogP contribution in [-0.4, -0.2) is 19.9 Å². The number of sulfonamides is 1. The summed E-state index contributed by atoms with van der Waals surface area (Å²) in [6, 6.07) is 2.37. The smallest absolute Gasteiger partial charge is 0.258 e. The number of halogens is 1. The molecule has 0 aliphatic carbocycles. The maximum absolute atomic E-state index is 13.5. The van der Waals surface area contributed by atoms with Gasteiger partial charge in [0.2, 0.25) is 10.0 Å². The highest BCUT2D eigenvalue weighted by Crippen LogP contribution is 2.20. The monoisotopic (exact) mass is 286 g/mol. The number of hydrogen-bond acceptors (Lipinski definition) is 4. The van der Waals surface area contributed by atoms with Crippen molar-refractivity contribution >= 4 is 15.7 Å². The fraction of sp³-hybridized carbons (Fsp3) is 0.273. The second-order valence-corrected chi connectivity index (χ2v) is 5.18. The van der Waals surface area contributed by atoms with Crippen LogP contribution in [0.5, 0.6) is 0 Å². The fourth-order valence-electron chi connectivity index (χ4n) is 1.27. The van der Waals surface area contributed by atoms with E-state index in [2.05, 4.69) is 16.6 Å². The summed E-state index contributed by atoms with van der Waals surface area (Å²) in [6.45, 7) is 1.66. The topological polar surface area (TPSA) is 89.3 Å². The van der Waals surface area contributed by atoms with Crippen LogP contribution in [0.2, 0.25) is 0 Å². The van der Waals surface area contributed by atoms with Crippen LogP contribution in [0.25, 0.3) is 0 Å². The van der Waals surface area contributed by atoms with Gasteiger partial charge >= 0.3 is 0 Å². The minimum absolute atomic E-state index is 0.0413. The highest BCUT2D eigenvalue weighted by Gasteiger charge is 2.21. The Bertz CT molecular complexity index is 646. The zero-order valence-electron chi connectivity index (χ0n) is 10.0. The number of hydrogen-bond donors (Lipinski definition) is 1. The second kappa shape index (κ2) is 6.26. The van der Waals surface area contributed by atoms with Crippen molar-refractivity contribution in [2.75, 3.05) is 6.54 Å². The standard InChI is InChI=1S/C11H11FN2O4S/c1-2-3-4-7-13-19(17,18)11-6-5-9(14(15)16)8-10(11)12/h5-6,8,13H,4,7H2,1H3. The minimum Gasteiger partial charge on any atom is -0.258 e. The molecule has 19 heavy (non-hydrogen) atoms. The number of non-ortho nitro benzene ring substituents is 1. The van der Waals surface area contributed by atoms with Gasteiger partial charge in [-0.1, -0.05) is 0 Å². The van der Waals surface area contributed by atoms with Crippen LogP contribution in [0.4, 0.5) is 10.1 Å². The van der Waals surface area contributed by atoms with Crippen molar-refractivity contribution < 1.29 is 17.7 Å². The first-order chi connectivity index (χ1) is 8.88. The Kier molecular flexibility index (Phi) is 4.97. The molecule has 1 N–H and O–H groups in total. The molecule has 0 heterocycles. The summed E-state index contributed by atoms with van der Waals surface area (Å²) in [4.78, 5) is 8.99. The molecule has 0 amide bonds. The Morgan fingerprint density at radius 1 is 1.47 bits per heavy atom. The van der Waals surface area contributed by atoms with Crippen molar-refractivity contribution in [1.29, 1.82) is 0 Å². The first-order valence-electron chi connectivity index (χ1n) is 5.21. The van der Waals surface area contributed by atoms with Crippen LogP contribution in [0.15, 0.2) is 23.1 Å². The van der Waals surface area contributed by atoms with Gasteiger partial charge in [-0.3, -0.25) is 10.1 Å². The van der Waals surface area contributed by atoms with Gasteiger partial charge in [0.05, 0.1) is 11.0 Å². The zero-order valence-corrected chi connectivity index (χ0v) is 10.8.